The van der Waals surface area contributed by atoms with E-state index in [9.17, 15) is 18.0 Å². The van der Waals surface area contributed by atoms with Gasteiger partial charge in [0.15, 0.2) is 0 Å². The van der Waals surface area contributed by atoms with E-state index in [2.05, 4.69) is 5.32 Å². The van der Waals surface area contributed by atoms with Crippen molar-refractivity contribution in [3.8, 4) is 0 Å². The van der Waals surface area contributed by atoms with Crippen molar-refractivity contribution in [3.05, 3.63) is 130 Å². The first-order valence-electron chi connectivity index (χ1n) is 14.5. The Bertz CT molecular complexity index is 1740. The number of hydrogen-bond donors (Lipinski definition) is 1. The molecule has 0 heterocycles. The number of nitrogens with zero attached hydrogens (tertiary/aromatic N) is 2. The third-order valence-electron chi connectivity index (χ3n) is 7.02. The minimum Gasteiger partial charge on any atom is -0.350 e. The molecule has 1 N–H and O–H groups in total. The number of anilines is 1. The molecule has 10 heteroatoms. The van der Waals surface area contributed by atoms with Crippen LogP contribution in [0.3, 0.4) is 0 Å². The summed E-state index contributed by atoms with van der Waals surface area (Å²) in [6, 6.07) is 28.2. The quantitative estimate of drug-likeness (QED) is 0.186. The van der Waals surface area contributed by atoms with Gasteiger partial charge in [0.1, 0.15) is 12.6 Å². The number of carbonyl (C=O) groups is 2. The molecule has 0 fully saturated rings. The molecule has 45 heavy (non-hydrogen) atoms. The first-order chi connectivity index (χ1) is 21.2. The molecule has 4 aromatic rings. The number of carbonyl (C=O) groups excluding carboxylic acids is 2. The lowest BCUT2D eigenvalue weighted by molar-refractivity contribution is -0.140. The normalized spacial score (nSPS) is 12.3. The topological polar surface area (TPSA) is 86.8 Å². The van der Waals surface area contributed by atoms with E-state index in [1.54, 1.807) is 54.6 Å². The van der Waals surface area contributed by atoms with Gasteiger partial charge in [0.05, 0.1) is 10.6 Å². The van der Waals surface area contributed by atoms with Crippen LogP contribution in [0.5, 0.6) is 0 Å². The zero-order valence-corrected chi connectivity index (χ0v) is 28.0. The van der Waals surface area contributed by atoms with Gasteiger partial charge in [0.25, 0.3) is 10.0 Å². The highest BCUT2D eigenvalue weighted by Gasteiger charge is 2.36. The van der Waals surface area contributed by atoms with Crippen LogP contribution in [0.15, 0.2) is 108 Å². The van der Waals surface area contributed by atoms with Crippen LogP contribution in [0.4, 0.5) is 5.69 Å². The van der Waals surface area contributed by atoms with Gasteiger partial charge in [-0.1, -0.05) is 89.9 Å². The number of benzene rings is 4. The van der Waals surface area contributed by atoms with Crippen molar-refractivity contribution in [1.29, 1.82) is 0 Å². The van der Waals surface area contributed by atoms with Gasteiger partial charge in [-0.15, -0.1) is 0 Å². The highest BCUT2D eigenvalue weighted by Crippen LogP contribution is 2.28. The molecule has 0 aliphatic heterocycles. The average molecular weight is 667 g/mol. The van der Waals surface area contributed by atoms with Crippen molar-refractivity contribution >= 4 is 50.7 Å². The molecule has 236 valence electrons. The van der Waals surface area contributed by atoms with Gasteiger partial charge in [0, 0.05) is 28.5 Å². The maximum Gasteiger partial charge on any atom is 0.264 e. The molecule has 0 bridgehead atoms. The lowest BCUT2D eigenvalue weighted by atomic mass is 10.0. The fourth-order valence-corrected chi connectivity index (χ4v) is 6.77. The maximum absolute atomic E-state index is 14.5. The van der Waals surface area contributed by atoms with Crippen molar-refractivity contribution in [2.75, 3.05) is 10.8 Å². The third-order valence-corrected chi connectivity index (χ3v) is 9.40. The Hall–Kier alpha value is -3.85. The smallest absolute Gasteiger partial charge is 0.264 e. The Morgan fingerprint density at radius 1 is 0.844 bits per heavy atom. The second-order valence-corrected chi connectivity index (χ2v) is 14.6. The fraction of sp³-hybridized carbons (Fsp3) is 0.257. The summed E-state index contributed by atoms with van der Waals surface area (Å²) >= 11 is 12.7. The van der Waals surface area contributed by atoms with Crippen LogP contribution < -0.4 is 9.62 Å². The van der Waals surface area contributed by atoms with Gasteiger partial charge < -0.3 is 10.2 Å². The number of sulfonamides is 1. The monoisotopic (exact) mass is 665 g/mol. The fourth-order valence-electron chi connectivity index (χ4n) is 4.87. The van der Waals surface area contributed by atoms with Gasteiger partial charge in [-0.3, -0.25) is 13.9 Å². The van der Waals surface area contributed by atoms with E-state index in [4.69, 9.17) is 23.2 Å². The van der Waals surface area contributed by atoms with E-state index in [-0.39, 0.29) is 23.8 Å². The van der Waals surface area contributed by atoms with Crippen LogP contribution in [0.1, 0.15) is 37.5 Å². The van der Waals surface area contributed by atoms with E-state index < -0.39 is 34.1 Å². The molecule has 4 rings (SSSR count). The van der Waals surface area contributed by atoms with Gasteiger partial charge in [-0.05, 0) is 80.8 Å². The Kier molecular flexibility index (Phi) is 11.0. The zero-order chi connectivity index (χ0) is 32.8. The number of nitrogens with one attached hydrogen (secondary N) is 1. The summed E-state index contributed by atoms with van der Waals surface area (Å²) in [5, 5.41) is 3.76. The van der Waals surface area contributed by atoms with E-state index in [1.165, 1.54) is 17.0 Å². The number of rotatable bonds is 11. The van der Waals surface area contributed by atoms with Crippen molar-refractivity contribution in [3.63, 3.8) is 0 Å². The summed E-state index contributed by atoms with van der Waals surface area (Å²) in [6.07, 6.45) is 0.190. The van der Waals surface area contributed by atoms with E-state index >= 15 is 0 Å². The number of aryl methyl sites for hydroxylation is 1. The summed E-state index contributed by atoms with van der Waals surface area (Å²) in [7, 11) is -4.18. The molecule has 0 aliphatic carbocycles. The number of halogens is 2. The molecular weight excluding hydrogens is 629 g/mol. The highest BCUT2D eigenvalue weighted by atomic mass is 35.5. The molecule has 0 unspecified atom stereocenters. The van der Waals surface area contributed by atoms with Crippen molar-refractivity contribution in [2.24, 2.45) is 0 Å². The minimum absolute atomic E-state index is 0.0397. The largest absolute Gasteiger partial charge is 0.350 e. The molecule has 0 aliphatic rings. The van der Waals surface area contributed by atoms with Crippen molar-refractivity contribution < 1.29 is 18.0 Å². The molecule has 1 atom stereocenters. The standard InChI is InChI=1S/C35H37Cl2N3O4S/c1-25-12-11-15-29(20-25)40(45(43,44)30-16-9-6-10-17-30)24-33(41)39(23-27-18-19-28(36)22-31(27)37)32(34(42)38-35(2,3)4)21-26-13-7-5-8-14-26/h5-20,22,32H,21,23-24H2,1-4H3,(H,38,42)/t32-/m0/s1. The summed E-state index contributed by atoms with van der Waals surface area (Å²) < 4.78 is 29.2. The number of hydrogen-bond acceptors (Lipinski definition) is 4. The van der Waals surface area contributed by atoms with Crippen LogP contribution in [0.25, 0.3) is 0 Å². The van der Waals surface area contributed by atoms with Gasteiger partial charge in [-0.25, -0.2) is 8.42 Å². The molecule has 0 saturated carbocycles. The molecule has 2 amide bonds. The molecular formula is C35H37Cl2N3O4S. The van der Waals surface area contributed by atoms with E-state index in [0.29, 0.717) is 21.3 Å². The summed E-state index contributed by atoms with van der Waals surface area (Å²) in [6.45, 7) is 6.81. The maximum atomic E-state index is 14.5. The zero-order valence-electron chi connectivity index (χ0n) is 25.7. The third kappa shape index (κ3) is 9.10. The van der Waals surface area contributed by atoms with Gasteiger partial charge >= 0.3 is 0 Å². The predicted octanol–water partition coefficient (Wildman–Crippen LogP) is 7.05. The summed E-state index contributed by atoms with van der Waals surface area (Å²) in [5.41, 5.74) is 1.95. The van der Waals surface area contributed by atoms with Crippen LogP contribution in [-0.2, 0) is 32.6 Å². The van der Waals surface area contributed by atoms with Crippen LogP contribution in [-0.4, -0.2) is 43.3 Å². The Balaban J connectivity index is 1.84. The van der Waals surface area contributed by atoms with Crippen LogP contribution >= 0.6 is 23.2 Å². The second kappa shape index (κ2) is 14.5. The van der Waals surface area contributed by atoms with Gasteiger partial charge in [0.2, 0.25) is 11.8 Å². The predicted molar refractivity (Wildman–Crippen MR) is 181 cm³/mol. The number of amides is 2. The summed E-state index contributed by atoms with van der Waals surface area (Å²) in [4.78, 5) is 30.0. The Labute approximate surface area is 275 Å². The molecule has 0 saturated heterocycles. The first-order valence-corrected chi connectivity index (χ1v) is 16.7. The van der Waals surface area contributed by atoms with Crippen molar-refractivity contribution in [1.82, 2.24) is 10.2 Å². The lowest BCUT2D eigenvalue weighted by Gasteiger charge is -2.35. The van der Waals surface area contributed by atoms with Crippen LogP contribution in [0, 0.1) is 6.92 Å². The van der Waals surface area contributed by atoms with E-state index in [1.807, 2.05) is 64.1 Å². The Morgan fingerprint density at radius 2 is 1.49 bits per heavy atom. The van der Waals surface area contributed by atoms with Crippen LogP contribution in [0.2, 0.25) is 10.0 Å². The van der Waals surface area contributed by atoms with Gasteiger partial charge in [-0.2, -0.15) is 0 Å². The summed E-state index contributed by atoms with van der Waals surface area (Å²) in [5.74, 6) is -0.954. The lowest BCUT2D eigenvalue weighted by Crippen LogP contribution is -2.56. The molecule has 0 spiro atoms. The average Bonchev–Trinajstić information content (AvgIpc) is 2.98. The van der Waals surface area contributed by atoms with E-state index in [0.717, 1.165) is 15.4 Å². The first kappa shape index (κ1) is 34.0. The molecule has 4 aromatic carbocycles. The SMILES string of the molecule is Cc1cccc(N(CC(=O)N(Cc2ccc(Cl)cc2Cl)[C@@H](Cc2ccccc2)C(=O)NC(C)(C)C)S(=O)(=O)c2ccccc2)c1. The Morgan fingerprint density at radius 3 is 2.09 bits per heavy atom. The second-order valence-electron chi connectivity index (χ2n) is 11.9. The highest BCUT2D eigenvalue weighted by molar-refractivity contribution is 7.92. The molecule has 7 nitrogen and oxygen atoms in total. The molecule has 0 radical (unpaired) electrons. The minimum atomic E-state index is -4.18. The molecule has 0 aromatic heterocycles. The van der Waals surface area contributed by atoms with Crippen molar-refractivity contribution in [2.45, 2.75) is 57.1 Å².